The fraction of sp³-hybridized carbons (Fsp3) is 0.333. The molecule has 0 aliphatic carbocycles. The molecule has 2 heterocycles. The molecule has 0 N–H and O–H groups in total. The van der Waals surface area contributed by atoms with Crippen molar-refractivity contribution in [3.8, 4) is 0 Å². The quantitative estimate of drug-likeness (QED) is 0.729. The third-order valence-electron chi connectivity index (χ3n) is 3.25. The average Bonchev–Trinajstić information content (AvgIpc) is 2.87. The summed E-state index contributed by atoms with van der Waals surface area (Å²) >= 11 is 5.88. The molecule has 2 amide bonds. The minimum absolute atomic E-state index is 0.0991. The van der Waals surface area contributed by atoms with Crippen molar-refractivity contribution >= 4 is 29.1 Å². The zero-order valence-corrected chi connectivity index (χ0v) is 10.2. The topological polar surface area (TPSA) is 62.1 Å². The molecule has 1 aromatic rings. The van der Waals surface area contributed by atoms with Gasteiger partial charge in [0.1, 0.15) is 0 Å². The van der Waals surface area contributed by atoms with Gasteiger partial charge >= 0.3 is 0 Å². The van der Waals surface area contributed by atoms with E-state index in [2.05, 4.69) is 10.2 Å². The lowest BCUT2D eigenvalue weighted by Crippen LogP contribution is -2.38. The van der Waals surface area contributed by atoms with E-state index in [9.17, 15) is 9.59 Å². The third-order valence-corrected chi connectivity index (χ3v) is 3.48. The molecule has 1 atom stereocenters. The molecule has 2 aliphatic rings. The van der Waals surface area contributed by atoms with Crippen LogP contribution in [0.1, 0.15) is 12.8 Å². The van der Waals surface area contributed by atoms with Gasteiger partial charge in [-0.2, -0.15) is 10.2 Å². The van der Waals surface area contributed by atoms with Crippen molar-refractivity contribution < 1.29 is 9.59 Å². The van der Waals surface area contributed by atoms with E-state index in [4.69, 9.17) is 11.6 Å². The van der Waals surface area contributed by atoms with Gasteiger partial charge in [-0.1, -0.05) is 17.7 Å². The van der Waals surface area contributed by atoms with Crippen LogP contribution in [0.2, 0.25) is 5.02 Å². The van der Waals surface area contributed by atoms with Gasteiger partial charge in [0, 0.05) is 11.4 Å². The standard InChI is InChI=1S/C12H10ClN3O2/c13-8-2-1-3-9(6-8)16-10(17)7-12(11(16)18)4-5-14-15-12/h1-3,6H,4-5,7H2/t12-/m0/s1. The lowest BCUT2D eigenvalue weighted by Gasteiger charge is -2.17. The van der Waals surface area contributed by atoms with E-state index >= 15 is 0 Å². The van der Waals surface area contributed by atoms with Crippen molar-refractivity contribution in [1.82, 2.24) is 0 Å². The molecule has 0 bridgehead atoms. The highest BCUT2D eigenvalue weighted by molar-refractivity contribution is 6.31. The SMILES string of the molecule is O=C1C[C@@]2(CCN=N2)C(=O)N1c1cccc(Cl)c1. The van der Waals surface area contributed by atoms with Crippen LogP contribution in [-0.2, 0) is 9.59 Å². The molecule has 18 heavy (non-hydrogen) atoms. The van der Waals surface area contributed by atoms with Crippen LogP contribution >= 0.6 is 11.6 Å². The fourth-order valence-electron chi connectivity index (χ4n) is 2.35. The highest BCUT2D eigenvalue weighted by Gasteiger charge is 2.54. The van der Waals surface area contributed by atoms with Gasteiger partial charge in [0.2, 0.25) is 5.91 Å². The van der Waals surface area contributed by atoms with Gasteiger partial charge in [-0.3, -0.25) is 9.59 Å². The zero-order valence-electron chi connectivity index (χ0n) is 9.47. The molecule has 0 unspecified atom stereocenters. The predicted molar refractivity (Wildman–Crippen MR) is 65.6 cm³/mol. The van der Waals surface area contributed by atoms with E-state index in [1.54, 1.807) is 24.3 Å². The minimum Gasteiger partial charge on any atom is -0.274 e. The number of hydrogen-bond acceptors (Lipinski definition) is 4. The number of amides is 2. The summed E-state index contributed by atoms with van der Waals surface area (Å²) in [7, 11) is 0. The predicted octanol–water partition coefficient (Wildman–Crippen LogP) is 2.20. The van der Waals surface area contributed by atoms with Crippen molar-refractivity contribution in [2.75, 3.05) is 11.4 Å². The maximum absolute atomic E-state index is 12.4. The Morgan fingerprint density at radius 2 is 2.17 bits per heavy atom. The normalized spacial score (nSPS) is 26.6. The van der Waals surface area contributed by atoms with E-state index in [0.717, 1.165) is 4.90 Å². The van der Waals surface area contributed by atoms with Gasteiger partial charge in [0.05, 0.1) is 18.7 Å². The molecule has 1 saturated heterocycles. The molecule has 92 valence electrons. The van der Waals surface area contributed by atoms with Gasteiger partial charge in [0.15, 0.2) is 5.54 Å². The summed E-state index contributed by atoms with van der Waals surface area (Å²) in [5.41, 5.74) is -0.462. The first-order valence-corrected chi connectivity index (χ1v) is 6.02. The summed E-state index contributed by atoms with van der Waals surface area (Å²) in [5.74, 6) is -0.542. The highest BCUT2D eigenvalue weighted by atomic mass is 35.5. The fourth-order valence-corrected chi connectivity index (χ4v) is 2.53. The Labute approximate surface area is 108 Å². The number of carbonyl (C=O) groups is 2. The molecule has 0 aromatic heterocycles. The third kappa shape index (κ3) is 1.54. The molecule has 6 heteroatoms. The molecule has 2 aliphatic heterocycles. The van der Waals surface area contributed by atoms with Crippen molar-refractivity contribution in [2.45, 2.75) is 18.4 Å². The lowest BCUT2D eigenvalue weighted by atomic mass is 9.96. The number of hydrogen-bond donors (Lipinski definition) is 0. The smallest absolute Gasteiger partial charge is 0.264 e. The van der Waals surface area contributed by atoms with Crippen LogP contribution in [0, 0.1) is 0 Å². The molecule has 1 aromatic carbocycles. The molecule has 0 radical (unpaired) electrons. The first-order valence-electron chi connectivity index (χ1n) is 5.64. The van der Waals surface area contributed by atoms with E-state index in [1.165, 1.54) is 0 Å². The van der Waals surface area contributed by atoms with Crippen LogP contribution in [0.4, 0.5) is 5.69 Å². The summed E-state index contributed by atoms with van der Waals surface area (Å²) in [6.45, 7) is 0.502. The second-order valence-corrected chi connectivity index (χ2v) is 4.87. The van der Waals surface area contributed by atoms with Crippen LogP contribution in [0.25, 0.3) is 0 Å². The van der Waals surface area contributed by atoms with E-state index in [0.29, 0.717) is 23.7 Å². The maximum atomic E-state index is 12.4. The van der Waals surface area contributed by atoms with Crippen LogP contribution in [0.3, 0.4) is 0 Å². The van der Waals surface area contributed by atoms with Crippen LogP contribution in [0.5, 0.6) is 0 Å². The molecular formula is C12H10ClN3O2. The molecule has 1 spiro atoms. The van der Waals surface area contributed by atoms with Gasteiger partial charge in [-0.05, 0) is 18.2 Å². The molecule has 5 nitrogen and oxygen atoms in total. The molecular weight excluding hydrogens is 254 g/mol. The molecule has 3 rings (SSSR count). The van der Waals surface area contributed by atoms with Gasteiger partial charge < -0.3 is 0 Å². The van der Waals surface area contributed by atoms with Crippen molar-refractivity contribution in [1.29, 1.82) is 0 Å². The minimum atomic E-state index is -0.959. The summed E-state index contributed by atoms with van der Waals surface area (Å²) in [5, 5.41) is 8.31. The Balaban J connectivity index is 2.01. The van der Waals surface area contributed by atoms with Crippen molar-refractivity contribution in [3.05, 3.63) is 29.3 Å². The first-order chi connectivity index (χ1) is 8.62. The van der Waals surface area contributed by atoms with Gasteiger partial charge in [0.25, 0.3) is 5.91 Å². The lowest BCUT2D eigenvalue weighted by molar-refractivity contribution is -0.122. The van der Waals surface area contributed by atoms with E-state index in [-0.39, 0.29) is 18.2 Å². The molecule has 1 fully saturated rings. The van der Waals surface area contributed by atoms with Gasteiger partial charge in [-0.15, -0.1) is 0 Å². The average molecular weight is 264 g/mol. The second-order valence-electron chi connectivity index (χ2n) is 4.44. The van der Waals surface area contributed by atoms with E-state index in [1.807, 2.05) is 0 Å². The number of imide groups is 1. The number of azo groups is 1. The number of benzene rings is 1. The Hall–Kier alpha value is -1.75. The largest absolute Gasteiger partial charge is 0.274 e. The highest BCUT2D eigenvalue weighted by Crippen LogP contribution is 2.38. The monoisotopic (exact) mass is 263 g/mol. The number of nitrogens with zero attached hydrogens (tertiary/aromatic N) is 3. The number of anilines is 1. The summed E-state index contributed by atoms with van der Waals surface area (Å²) in [6, 6.07) is 6.69. The Morgan fingerprint density at radius 3 is 2.83 bits per heavy atom. The summed E-state index contributed by atoms with van der Waals surface area (Å²) in [6.07, 6.45) is 0.608. The van der Waals surface area contributed by atoms with Crippen LogP contribution in [0.15, 0.2) is 34.5 Å². The van der Waals surface area contributed by atoms with E-state index < -0.39 is 5.54 Å². The first kappa shape index (κ1) is 11.3. The van der Waals surface area contributed by atoms with Gasteiger partial charge in [-0.25, -0.2) is 4.90 Å². The van der Waals surface area contributed by atoms with Crippen molar-refractivity contribution in [2.24, 2.45) is 10.2 Å². The van der Waals surface area contributed by atoms with Crippen LogP contribution in [-0.4, -0.2) is 23.9 Å². The Morgan fingerprint density at radius 1 is 1.33 bits per heavy atom. The van der Waals surface area contributed by atoms with Crippen LogP contribution < -0.4 is 4.90 Å². The second kappa shape index (κ2) is 3.88. The number of rotatable bonds is 1. The summed E-state index contributed by atoms with van der Waals surface area (Å²) in [4.78, 5) is 25.5. The zero-order chi connectivity index (χ0) is 12.8. The van der Waals surface area contributed by atoms with Crippen molar-refractivity contribution in [3.63, 3.8) is 0 Å². The number of halogens is 1. The molecule has 0 saturated carbocycles. The summed E-state index contributed by atoms with van der Waals surface area (Å²) < 4.78 is 0. The maximum Gasteiger partial charge on any atom is 0.264 e. The number of carbonyl (C=O) groups excluding carboxylic acids is 2. The Bertz CT molecular complexity index is 572. The Kier molecular flexibility index (Phi) is 2.45.